The summed E-state index contributed by atoms with van der Waals surface area (Å²) in [6.45, 7) is 2.39. The van der Waals surface area contributed by atoms with E-state index in [2.05, 4.69) is 10.5 Å². The minimum Gasteiger partial charge on any atom is -0.464 e. The monoisotopic (exact) mass is 347 g/mol. The second-order valence-corrected chi connectivity index (χ2v) is 6.09. The number of hydrogen-bond acceptors (Lipinski definition) is 5. The van der Waals surface area contributed by atoms with E-state index < -0.39 is 0 Å². The van der Waals surface area contributed by atoms with Gasteiger partial charge in [-0.05, 0) is 18.6 Å². The molecule has 0 aliphatic rings. The fourth-order valence-electron chi connectivity index (χ4n) is 2.96. The zero-order chi connectivity index (χ0) is 18.1. The van der Waals surface area contributed by atoms with E-state index in [1.807, 2.05) is 55.5 Å². The van der Waals surface area contributed by atoms with Gasteiger partial charge in [-0.1, -0.05) is 53.2 Å². The number of fused-ring (bicyclic) bond motifs is 1. The number of carbonyl (C=O) groups is 1. The van der Waals surface area contributed by atoms with Gasteiger partial charge in [-0.25, -0.2) is 0 Å². The molecule has 0 unspecified atom stereocenters. The molecule has 4 aromatic rings. The molecule has 0 saturated heterocycles. The topological polar surface area (TPSA) is 94.3 Å². The molecule has 6 nitrogen and oxygen atoms in total. The van der Waals surface area contributed by atoms with Crippen molar-refractivity contribution >= 4 is 22.8 Å². The molecule has 26 heavy (non-hydrogen) atoms. The summed E-state index contributed by atoms with van der Waals surface area (Å²) < 4.78 is 10.6. The van der Waals surface area contributed by atoms with Crippen LogP contribution in [0.4, 0.5) is 5.88 Å². The molecule has 0 aliphatic carbocycles. The lowest BCUT2D eigenvalue weighted by Crippen LogP contribution is -2.23. The van der Waals surface area contributed by atoms with Gasteiger partial charge in [0.25, 0.3) is 5.91 Å². The van der Waals surface area contributed by atoms with Crippen LogP contribution < -0.4 is 11.1 Å². The lowest BCUT2D eigenvalue weighted by atomic mass is 10.1. The van der Waals surface area contributed by atoms with E-state index >= 15 is 0 Å². The number of benzene rings is 2. The van der Waals surface area contributed by atoms with Crippen molar-refractivity contribution in [3.63, 3.8) is 0 Å². The highest BCUT2D eigenvalue weighted by Gasteiger charge is 2.24. The Balaban J connectivity index is 1.65. The van der Waals surface area contributed by atoms with Gasteiger partial charge in [-0.15, -0.1) is 0 Å². The number of anilines is 1. The Kier molecular flexibility index (Phi) is 3.93. The van der Waals surface area contributed by atoms with E-state index in [0.717, 1.165) is 16.5 Å². The lowest BCUT2D eigenvalue weighted by molar-refractivity contribution is 0.0952. The molecule has 2 aromatic heterocycles. The first-order valence-corrected chi connectivity index (χ1v) is 8.19. The Morgan fingerprint density at radius 3 is 2.88 bits per heavy atom. The number of amides is 1. The highest BCUT2D eigenvalue weighted by Crippen LogP contribution is 2.34. The van der Waals surface area contributed by atoms with Crippen LogP contribution in [0.5, 0.6) is 0 Å². The second kappa shape index (κ2) is 6.40. The summed E-state index contributed by atoms with van der Waals surface area (Å²) in [7, 11) is 0. The van der Waals surface area contributed by atoms with E-state index in [-0.39, 0.29) is 17.4 Å². The van der Waals surface area contributed by atoms with Crippen LogP contribution in [0, 0.1) is 6.92 Å². The summed E-state index contributed by atoms with van der Waals surface area (Å²) in [5.74, 6) is -0.363. The quantitative estimate of drug-likeness (QED) is 0.584. The summed E-state index contributed by atoms with van der Waals surface area (Å²) in [6.07, 6.45) is 1.55. The van der Waals surface area contributed by atoms with E-state index in [0.29, 0.717) is 23.4 Å². The van der Waals surface area contributed by atoms with Gasteiger partial charge < -0.3 is 20.0 Å². The first-order valence-electron chi connectivity index (χ1n) is 8.19. The van der Waals surface area contributed by atoms with Crippen molar-refractivity contribution in [2.45, 2.75) is 13.5 Å². The molecule has 4 rings (SSSR count). The Morgan fingerprint density at radius 2 is 2.04 bits per heavy atom. The molecule has 0 fully saturated rings. The maximum Gasteiger partial charge on any atom is 0.259 e. The van der Waals surface area contributed by atoms with Gasteiger partial charge in [0.15, 0.2) is 0 Å². The first-order chi connectivity index (χ1) is 12.6. The molecule has 0 aliphatic heterocycles. The highest BCUT2D eigenvalue weighted by atomic mass is 16.5. The first kappa shape index (κ1) is 16.0. The highest BCUT2D eigenvalue weighted by molar-refractivity contribution is 6.06. The molecule has 1 amide bonds. The van der Waals surface area contributed by atoms with Crippen LogP contribution in [0.2, 0.25) is 0 Å². The molecule has 130 valence electrons. The molecular weight excluding hydrogens is 330 g/mol. The molecule has 0 radical (unpaired) electrons. The van der Waals surface area contributed by atoms with Crippen LogP contribution in [-0.2, 0) is 6.54 Å². The number of para-hydroxylation sites is 1. The lowest BCUT2D eigenvalue weighted by Gasteiger charge is -2.06. The Bertz CT molecular complexity index is 1090. The molecule has 6 heteroatoms. The van der Waals surface area contributed by atoms with E-state index in [9.17, 15) is 4.79 Å². The van der Waals surface area contributed by atoms with Crippen LogP contribution in [0.25, 0.3) is 22.2 Å². The number of carbonyl (C=O) groups excluding carboxylic acids is 1. The molecular formula is C20H17N3O3. The van der Waals surface area contributed by atoms with Crippen molar-refractivity contribution < 1.29 is 13.7 Å². The fourth-order valence-corrected chi connectivity index (χ4v) is 2.96. The van der Waals surface area contributed by atoms with Crippen molar-refractivity contribution in [3.8, 4) is 11.3 Å². The van der Waals surface area contributed by atoms with Gasteiger partial charge in [-0.2, -0.15) is 0 Å². The number of nitrogens with two attached hydrogens (primary N) is 1. The van der Waals surface area contributed by atoms with Gasteiger partial charge in [-0.3, -0.25) is 4.79 Å². The third kappa shape index (κ3) is 2.82. The van der Waals surface area contributed by atoms with Gasteiger partial charge in [0.05, 0.1) is 5.56 Å². The summed E-state index contributed by atoms with van der Waals surface area (Å²) in [5, 5.41) is 7.69. The predicted molar refractivity (Wildman–Crippen MR) is 98.5 cm³/mol. The zero-order valence-electron chi connectivity index (χ0n) is 14.2. The molecule has 0 spiro atoms. The number of furan rings is 1. The van der Waals surface area contributed by atoms with Crippen molar-refractivity contribution in [1.82, 2.24) is 10.5 Å². The summed E-state index contributed by atoms with van der Waals surface area (Å²) >= 11 is 0. The van der Waals surface area contributed by atoms with Gasteiger partial charge in [0.1, 0.15) is 23.1 Å². The van der Waals surface area contributed by atoms with Crippen molar-refractivity contribution in [2.75, 3.05) is 5.73 Å². The minimum atomic E-state index is -0.342. The maximum absolute atomic E-state index is 12.7. The van der Waals surface area contributed by atoms with Gasteiger partial charge >= 0.3 is 0 Å². The number of aromatic nitrogens is 1. The SMILES string of the molecule is Cc1cccc(CNC(=O)c2c(-c3coc4ccccc34)noc2N)c1. The van der Waals surface area contributed by atoms with E-state index in [1.54, 1.807) is 6.26 Å². The van der Waals surface area contributed by atoms with Gasteiger partial charge in [0.2, 0.25) is 5.88 Å². The molecule has 2 heterocycles. The summed E-state index contributed by atoms with van der Waals surface area (Å²) in [6, 6.07) is 15.4. The standard InChI is InChI=1S/C20H17N3O3/c1-12-5-4-6-13(9-12)10-22-20(24)17-18(23-26-19(17)21)15-11-25-16-8-3-2-7-14(15)16/h2-9,11H,10,21H2,1H3,(H,22,24). The van der Waals surface area contributed by atoms with E-state index in [4.69, 9.17) is 14.7 Å². The molecule has 2 aromatic carbocycles. The summed E-state index contributed by atoms with van der Waals surface area (Å²) in [4.78, 5) is 12.7. The predicted octanol–water partition coefficient (Wildman–Crippen LogP) is 3.91. The Hall–Kier alpha value is -3.54. The van der Waals surface area contributed by atoms with Crippen molar-refractivity contribution in [3.05, 3.63) is 71.5 Å². The van der Waals surface area contributed by atoms with Crippen LogP contribution in [0.15, 0.2) is 63.7 Å². The maximum atomic E-state index is 12.7. The van der Waals surface area contributed by atoms with Crippen LogP contribution in [0.3, 0.4) is 0 Å². The third-order valence-corrected chi connectivity index (χ3v) is 4.22. The van der Waals surface area contributed by atoms with Crippen LogP contribution in [0.1, 0.15) is 21.5 Å². The van der Waals surface area contributed by atoms with Gasteiger partial charge in [0, 0.05) is 11.9 Å². The Morgan fingerprint density at radius 1 is 1.19 bits per heavy atom. The number of rotatable bonds is 4. The number of aryl methyl sites for hydroxylation is 1. The average molecular weight is 347 g/mol. The molecule has 0 saturated carbocycles. The second-order valence-electron chi connectivity index (χ2n) is 6.09. The number of nitrogen functional groups attached to an aromatic ring is 1. The van der Waals surface area contributed by atoms with E-state index in [1.165, 1.54) is 0 Å². The Labute approximate surface area is 149 Å². The smallest absolute Gasteiger partial charge is 0.259 e. The molecule has 3 N–H and O–H groups in total. The third-order valence-electron chi connectivity index (χ3n) is 4.22. The number of nitrogens with zero attached hydrogens (tertiary/aromatic N) is 1. The number of nitrogens with one attached hydrogen (secondary N) is 1. The molecule has 0 bridgehead atoms. The zero-order valence-corrected chi connectivity index (χ0v) is 14.2. The van der Waals surface area contributed by atoms with Crippen molar-refractivity contribution in [2.24, 2.45) is 0 Å². The minimum absolute atomic E-state index is 0.0213. The molecule has 0 atom stereocenters. The van der Waals surface area contributed by atoms with Crippen LogP contribution >= 0.6 is 0 Å². The fraction of sp³-hybridized carbons (Fsp3) is 0.100. The normalized spacial score (nSPS) is 11.0. The number of hydrogen-bond donors (Lipinski definition) is 2. The van der Waals surface area contributed by atoms with Crippen molar-refractivity contribution in [1.29, 1.82) is 0 Å². The average Bonchev–Trinajstić information content (AvgIpc) is 3.23. The van der Waals surface area contributed by atoms with Crippen LogP contribution in [-0.4, -0.2) is 11.1 Å². The summed E-state index contributed by atoms with van der Waals surface area (Å²) in [5.41, 5.74) is 9.95. The largest absolute Gasteiger partial charge is 0.464 e.